The first-order valence-corrected chi connectivity index (χ1v) is 8.78. The molecule has 24 heavy (non-hydrogen) atoms. The van der Waals surface area contributed by atoms with Crippen LogP contribution in [-0.4, -0.2) is 0 Å². The predicted molar refractivity (Wildman–Crippen MR) is 105 cm³/mol. The van der Waals surface area contributed by atoms with E-state index in [2.05, 4.69) is 50.2 Å². The van der Waals surface area contributed by atoms with Crippen LogP contribution in [0.5, 0.6) is 0 Å². The molecule has 0 saturated heterocycles. The van der Waals surface area contributed by atoms with Gasteiger partial charge in [-0.25, -0.2) is 0 Å². The Bertz CT molecular complexity index is 1100. The number of halogens is 2. The Kier molecular flexibility index (Phi) is 2.84. The van der Waals surface area contributed by atoms with Crippen molar-refractivity contribution in [3.8, 4) is 22.3 Å². The maximum Gasteiger partial charge on any atom is 0.0488 e. The maximum absolute atomic E-state index is 6.56. The van der Waals surface area contributed by atoms with Gasteiger partial charge in [0.1, 0.15) is 0 Å². The second-order valence-electron chi connectivity index (χ2n) is 6.49. The van der Waals surface area contributed by atoms with Crippen LogP contribution in [0.4, 0.5) is 0 Å². The van der Waals surface area contributed by atoms with Crippen LogP contribution in [0.1, 0.15) is 11.1 Å². The van der Waals surface area contributed by atoms with Gasteiger partial charge in [0.25, 0.3) is 0 Å². The topological polar surface area (TPSA) is 0 Å². The third-order valence-corrected chi connectivity index (χ3v) is 5.93. The van der Waals surface area contributed by atoms with Crippen LogP contribution in [0.3, 0.4) is 0 Å². The smallest absolute Gasteiger partial charge is 0.0488 e. The molecular formula is C22H14Cl2. The summed E-state index contributed by atoms with van der Waals surface area (Å²) in [5, 5.41) is 6.29. The summed E-state index contributed by atoms with van der Waals surface area (Å²) in [6.07, 6.45) is 0. The lowest BCUT2D eigenvalue weighted by atomic mass is 9.89. The number of rotatable bonds is 0. The summed E-state index contributed by atoms with van der Waals surface area (Å²) in [5.41, 5.74) is 7.63. The fraction of sp³-hybridized carbons (Fsp3) is 0.0909. The average molecular weight is 349 g/mol. The van der Waals surface area contributed by atoms with E-state index in [1.54, 1.807) is 0 Å². The van der Waals surface area contributed by atoms with Gasteiger partial charge < -0.3 is 0 Å². The number of benzene rings is 4. The van der Waals surface area contributed by atoms with Gasteiger partial charge in [0.2, 0.25) is 0 Å². The molecule has 1 aliphatic carbocycles. The molecule has 0 fully saturated rings. The first-order valence-electron chi connectivity index (χ1n) is 8.03. The molecule has 0 aromatic heterocycles. The normalized spacial score (nSPS) is 12.2. The largest absolute Gasteiger partial charge is 0.0837 e. The fourth-order valence-corrected chi connectivity index (χ4v) is 4.94. The molecule has 0 amide bonds. The Morgan fingerprint density at radius 3 is 1.50 bits per heavy atom. The molecule has 0 bridgehead atoms. The molecule has 0 radical (unpaired) electrons. The highest BCUT2D eigenvalue weighted by Gasteiger charge is 2.27. The summed E-state index contributed by atoms with van der Waals surface area (Å²) in [6, 6.07) is 16.9. The van der Waals surface area contributed by atoms with E-state index in [-0.39, 0.29) is 0 Å². The van der Waals surface area contributed by atoms with Gasteiger partial charge in [-0.05, 0) is 70.1 Å². The van der Waals surface area contributed by atoms with Crippen LogP contribution in [0, 0.1) is 13.8 Å². The maximum atomic E-state index is 6.56. The van der Waals surface area contributed by atoms with Gasteiger partial charge in [-0.3, -0.25) is 0 Å². The van der Waals surface area contributed by atoms with Crippen molar-refractivity contribution in [3.05, 3.63) is 69.7 Å². The van der Waals surface area contributed by atoms with Crippen LogP contribution in [0.15, 0.2) is 48.5 Å². The van der Waals surface area contributed by atoms with E-state index in [0.29, 0.717) is 0 Å². The van der Waals surface area contributed by atoms with Gasteiger partial charge in [0, 0.05) is 20.8 Å². The van der Waals surface area contributed by atoms with E-state index in [0.717, 1.165) is 20.8 Å². The van der Waals surface area contributed by atoms with Crippen LogP contribution in [-0.2, 0) is 0 Å². The highest BCUT2D eigenvalue weighted by Crippen LogP contribution is 2.53. The Morgan fingerprint density at radius 2 is 1.04 bits per heavy atom. The zero-order chi connectivity index (χ0) is 16.6. The highest BCUT2D eigenvalue weighted by molar-refractivity contribution is 6.41. The van der Waals surface area contributed by atoms with Crippen LogP contribution in [0.25, 0.3) is 43.8 Å². The Labute approximate surface area is 150 Å². The second kappa shape index (κ2) is 4.75. The highest BCUT2D eigenvalue weighted by atomic mass is 35.5. The number of aryl methyl sites for hydroxylation is 2. The lowest BCUT2D eigenvalue weighted by Crippen LogP contribution is -1.92. The quantitative estimate of drug-likeness (QED) is 0.270. The molecule has 4 aromatic carbocycles. The van der Waals surface area contributed by atoms with E-state index >= 15 is 0 Å². The van der Waals surface area contributed by atoms with Crippen LogP contribution >= 0.6 is 23.2 Å². The van der Waals surface area contributed by atoms with Crippen molar-refractivity contribution in [2.75, 3.05) is 0 Å². The SMILES string of the molecule is Cc1c2c(c(C)c3c(Cl)ccc(Cl)c13)-c1cccc3cccc-2c13. The van der Waals surface area contributed by atoms with Crippen LogP contribution < -0.4 is 0 Å². The van der Waals surface area contributed by atoms with E-state index in [4.69, 9.17) is 23.2 Å². The van der Waals surface area contributed by atoms with Crippen LogP contribution in [0.2, 0.25) is 10.0 Å². The monoisotopic (exact) mass is 348 g/mol. The van der Waals surface area contributed by atoms with E-state index in [1.807, 2.05) is 12.1 Å². The van der Waals surface area contributed by atoms with Crippen molar-refractivity contribution in [2.24, 2.45) is 0 Å². The lowest BCUT2D eigenvalue weighted by molar-refractivity contribution is 1.47. The predicted octanol–water partition coefficient (Wildman–Crippen LogP) is 7.56. The molecule has 5 rings (SSSR count). The van der Waals surface area contributed by atoms with E-state index in [9.17, 15) is 0 Å². The lowest BCUT2D eigenvalue weighted by Gasteiger charge is -2.17. The zero-order valence-corrected chi connectivity index (χ0v) is 14.9. The van der Waals surface area contributed by atoms with E-state index < -0.39 is 0 Å². The standard InChI is InChI=1S/C22H14Cl2/c1-11-18-14-7-3-5-13-6-4-8-15(22(13)14)19(18)12(2)21-17(24)10-9-16(23)20(11)21/h3-10H,1-2H3. The minimum atomic E-state index is 0.765. The molecule has 4 aromatic rings. The molecule has 0 saturated carbocycles. The number of hydrogen-bond acceptors (Lipinski definition) is 0. The molecule has 1 aliphatic rings. The average Bonchev–Trinajstić information content (AvgIpc) is 2.92. The molecule has 0 unspecified atom stereocenters. The number of fused-ring (bicyclic) bond motifs is 4. The second-order valence-corrected chi connectivity index (χ2v) is 7.30. The van der Waals surface area contributed by atoms with Crippen molar-refractivity contribution in [2.45, 2.75) is 13.8 Å². The van der Waals surface area contributed by atoms with Gasteiger partial charge in [-0.1, -0.05) is 59.6 Å². The van der Waals surface area contributed by atoms with Gasteiger partial charge in [0.05, 0.1) is 0 Å². The molecule has 0 aliphatic heterocycles. The van der Waals surface area contributed by atoms with Crippen molar-refractivity contribution in [3.63, 3.8) is 0 Å². The molecule has 116 valence electrons. The van der Waals surface area contributed by atoms with Gasteiger partial charge >= 0.3 is 0 Å². The Morgan fingerprint density at radius 1 is 0.583 bits per heavy atom. The van der Waals surface area contributed by atoms with Crippen molar-refractivity contribution < 1.29 is 0 Å². The van der Waals surface area contributed by atoms with Crippen molar-refractivity contribution in [1.29, 1.82) is 0 Å². The van der Waals surface area contributed by atoms with Gasteiger partial charge in [0.15, 0.2) is 0 Å². The summed E-state index contributed by atoms with van der Waals surface area (Å²) in [4.78, 5) is 0. The Balaban J connectivity index is 2.12. The molecule has 0 atom stereocenters. The Hall–Kier alpha value is -2.02. The zero-order valence-electron chi connectivity index (χ0n) is 13.4. The fourth-order valence-electron chi connectivity index (χ4n) is 4.34. The van der Waals surface area contributed by atoms with Gasteiger partial charge in [-0.15, -0.1) is 0 Å². The van der Waals surface area contributed by atoms with E-state index in [1.165, 1.54) is 44.2 Å². The summed E-state index contributed by atoms with van der Waals surface area (Å²) >= 11 is 13.1. The van der Waals surface area contributed by atoms with Crippen molar-refractivity contribution >= 4 is 44.7 Å². The third kappa shape index (κ3) is 1.60. The molecule has 0 N–H and O–H groups in total. The van der Waals surface area contributed by atoms with Gasteiger partial charge in [-0.2, -0.15) is 0 Å². The molecule has 0 heterocycles. The molecule has 2 heteroatoms. The first-order chi connectivity index (χ1) is 11.6. The van der Waals surface area contributed by atoms with Crippen molar-refractivity contribution in [1.82, 2.24) is 0 Å². The molecule has 0 spiro atoms. The molecule has 0 nitrogen and oxygen atoms in total. The summed E-state index contributed by atoms with van der Waals surface area (Å²) in [6.45, 7) is 4.32. The first kappa shape index (κ1) is 14.3. The molecular weight excluding hydrogens is 335 g/mol. The minimum absolute atomic E-state index is 0.765. The number of hydrogen-bond donors (Lipinski definition) is 0. The third-order valence-electron chi connectivity index (χ3n) is 5.30. The summed E-state index contributed by atoms with van der Waals surface area (Å²) < 4.78 is 0. The summed E-state index contributed by atoms with van der Waals surface area (Å²) in [7, 11) is 0. The minimum Gasteiger partial charge on any atom is -0.0837 e. The summed E-state index contributed by atoms with van der Waals surface area (Å²) in [5.74, 6) is 0.